The van der Waals surface area contributed by atoms with Gasteiger partial charge in [-0.1, -0.05) is 153 Å². The number of halogens is 2. The molecular formula is C34H62Cl2P2Pd. The molecule has 0 radical (unpaired) electrons. The normalized spacial score (nSPS) is 22.8. The maximum absolute atomic E-state index is 4.81. The molecule has 0 amide bonds. The summed E-state index contributed by atoms with van der Waals surface area (Å²) in [5.74, 6) is 6.23. The van der Waals surface area contributed by atoms with Crippen LogP contribution < -0.4 is 0 Å². The van der Waals surface area contributed by atoms with Crippen molar-refractivity contribution in [2.75, 3.05) is 12.3 Å². The molecule has 4 fully saturated rings. The molecule has 0 nitrogen and oxygen atoms in total. The molecule has 0 aliphatic heterocycles. The molecule has 0 spiro atoms. The first-order chi connectivity index (χ1) is 19.2. The first-order valence-corrected chi connectivity index (χ1v) is 22.4. The first-order valence-electron chi connectivity index (χ1n) is 16.8. The Labute approximate surface area is 265 Å². The average Bonchev–Trinajstić information content (AvgIpc) is 3.00. The number of allylic oxidation sites excluding steroid dienone is 4. The van der Waals surface area contributed by atoms with Crippen molar-refractivity contribution < 1.29 is 15.9 Å². The van der Waals surface area contributed by atoms with E-state index in [9.17, 15) is 0 Å². The molecule has 4 saturated carbocycles. The second kappa shape index (κ2) is 25.0. The monoisotopic (exact) mass is 708 g/mol. The third kappa shape index (κ3) is 15.7. The Bertz CT molecular complexity index is 516. The summed E-state index contributed by atoms with van der Waals surface area (Å²) in [4.78, 5) is 0. The second-order valence-corrected chi connectivity index (χ2v) is 16.2. The summed E-state index contributed by atoms with van der Waals surface area (Å²) < 4.78 is 0. The van der Waals surface area contributed by atoms with E-state index in [2.05, 4.69) is 42.8 Å². The van der Waals surface area contributed by atoms with Gasteiger partial charge in [-0.25, -0.2) is 0 Å². The standard InChI is InChI=1S/2C17H31P.2ClH.Pd/c2*18-14-8-7-13-17(15-9-3-1-4-10-15)16-11-5-2-6-12-16;;;/h2*7-8,15-17H,1-6,9-14,18H2;2*1H;/q;;;;+2/p-2. The maximum atomic E-state index is 4.81. The van der Waals surface area contributed by atoms with Crippen LogP contribution in [0.5, 0.6) is 0 Å². The molecule has 4 aliphatic rings. The van der Waals surface area contributed by atoms with Gasteiger partial charge >= 0.3 is 35.0 Å². The Kier molecular flexibility index (Phi) is 23.5. The predicted molar refractivity (Wildman–Crippen MR) is 182 cm³/mol. The van der Waals surface area contributed by atoms with Gasteiger partial charge in [0, 0.05) is 0 Å². The zero-order valence-electron chi connectivity index (χ0n) is 25.0. The van der Waals surface area contributed by atoms with Crippen molar-refractivity contribution in [3.8, 4) is 0 Å². The molecule has 0 heterocycles. The van der Waals surface area contributed by atoms with Crippen molar-refractivity contribution in [1.82, 2.24) is 0 Å². The van der Waals surface area contributed by atoms with Gasteiger partial charge < -0.3 is 0 Å². The molecular weight excluding hydrogens is 648 g/mol. The fourth-order valence-corrected chi connectivity index (χ4v) is 8.87. The van der Waals surface area contributed by atoms with E-state index >= 15 is 0 Å². The molecule has 5 heteroatoms. The van der Waals surface area contributed by atoms with Gasteiger partial charge in [0.05, 0.1) is 0 Å². The Morgan fingerprint density at radius 1 is 0.462 bits per heavy atom. The van der Waals surface area contributed by atoms with Crippen molar-refractivity contribution >= 4 is 37.5 Å². The van der Waals surface area contributed by atoms with Gasteiger partial charge in [-0.05, 0) is 60.7 Å². The predicted octanol–water partition coefficient (Wildman–Crippen LogP) is 12.5. The zero-order chi connectivity index (χ0) is 28.0. The fraction of sp³-hybridized carbons (Fsp3) is 0.882. The van der Waals surface area contributed by atoms with Crippen LogP contribution in [0.25, 0.3) is 0 Å². The summed E-state index contributed by atoms with van der Waals surface area (Å²) >= 11 is -0.106. The van der Waals surface area contributed by atoms with E-state index in [1.54, 1.807) is 0 Å². The van der Waals surface area contributed by atoms with Crippen LogP contribution in [0.2, 0.25) is 0 Å². The molecule has 0 N–H and O–H groups in total. The molecule has 4 aliphatic carbocycles. The van der Waals surface area contributed by atoms with E-state index < -0.39 is 0 Å². The Morgan fingerprint density at radius 3 is 0.897 bits per heavy atom. The van der Waals surface area contributed by atoms with Crippen molar-refractivity contribution in [3.63, 3.8) is 0 Å². The summed E-state index contributed by atoms with van der Waals surface area (Å²) in [5, 5.41) is 0. The molecule has 39 heavy (non-hydrogen) atoms. The van der Waals surface area contributed by atoms with Crippen LogP contribution in [0, 0.1) is 35.5 Å². The summed E-state index contributed by atoms with van der Waals surface area (Å²) in [7, 11) is 15.3. The minimum atomic E-state index is -0.106. The van der Waals surface area contributed by atoms with E-state index in [4.69, 9.17) is 19.1 Å². The van der Waals surface area contributed by atoms with Gasteiger partial charge in [0.2, 0.25) is 0 Å². The number of rotatable bonds is 10. The molecule has 0 saturated heterocycles. The minimum absolute atomic E-state index is 0.106. The molecule has 2 atom stereocenters. The first kappa shape index (κ1) is 36.8. The number of hydrogen-bond acceptors (Lipinski definition) is 0. The summed E-state index contributed by atoms with van der Waals surface area (Å²) in [6, 6.07) is 0. The van der Waals surface area contributed by atoms with Crippen LogP contribution in [-0.2, 0) is 15.9 Å². The average molecular weight is 710 g/mol. The van der Waals surface area contributed by atoms with Crippen LogP contribution in [0.4, 0.5) is 0 Å². The Hall–Kier alpha value is 1.58. The molecule has 0 aromatic heterocycles. The summed E-state index contributed by atoms with van der Waals surface area (Å²) in [5.41, 5.74) is 0. The van der Waals surface area contributed by atoms with Crippen molar-refractivity contribution in [3.05, 3.63) is 24.3 Å². The van der Waals surface area contributed by atoms with Gasteiger partial charge in [-0.3, -0.25) is 0 Å². The summed E-state index contributed by atoms with van der Waals surface area (Å²) in [6.07, 6.45) is 44.8. The van der Waals surface area contributed by atoms with E-state index in [1.165, 1.54) is 141 Å². The van der Waals surface area contributed by atoms with Crippen LogP contribution in [0.3, 0.4) is 0 Å². The van der Waals surface area contributed by atoms with Crippen molar-refractivity contribution in [2.45, 2.75) is 141 Å². The van der Waals surface area contributed by atoms with Crippen molar-refractivity contribution in [1.29, 1.82) is 0 Å². The van der Waals surface area contributed by atoms with Crippen LogP contribution in [0.15, 0.2) is 24.3 Å². The van der Waals surface area contributed by atoms with E-state index in [0.717, 1.165) is 47.8 Å². The van der Waals surface area contributed by atoms with E-state index in [-0.39, 0.29) is 15.9 Å². The molecule has 232 valence electrons. The molecule has 0 aromatic rings. The van der Waals surface area contributed by atoms with Gasteiger partial charge in [-0.15, -0.1) is 18.5 Å². The van der Waals surface area contributed by atoms with E-state index in [0.29, 0.717) is 0 Å². The molecule has 0 aromatic carbocycles. The second-order valence-electron chi connectivity index (χ2n) is 12.9. The van der Waals surface area contributed by atoms with Crippen molar-refractivity contribution in [2.24, 2.45) is 35.5 Å². The van der Waals surface area contributed by atoms with Gasteiger partial charge in [0.1, 0.15) is 0 Å². The van der Waals surface area contributed by atoms with Crippen LogP contribution in [-0.4, -0.2) is 12.3 Å². The third-order valence-electron chi connectivity index (χ3n) is 10.4. The molecule has 2 unspecified atom stereocenters. The molecule has 4 rings (SSSR count). The van der Waals surface area contributed by atoms with Crippen LogP contribution in [0.1, 0.15) is 141 Å². The molecule has 0 bridgehead atoms. The quantitative estimate of drug-likeness (QED) is 0.120. The fourth-order valence-electron chi connectivity index (χ4n) is 8.49. The summed E-state index contributed by atoms with van der Waals surface area (Å²) in [6.45, 7) is 0. The Morgan fingerprint density at radius 2 is 0.692 bits per heavy atom. The Balaban J connectivity index is 0.000000249. The topological polar surface area (TPSA) is 0 Å². The number of hydrogen-bond donors (Lipinski definition) is 0. The zero-order valence-corrected chi connectivity index (χ0v) is 30.3. The van der Waals surface area contributed by atoms with Gasteiger partial charge in [0.25, 0.3) is 0 Å². The van der Waals surface area contributed by atoms with E-state index in [1.807, 2.05) is 0 Å². The van der Waals surface area contributed by atoms with Gasteiger partial charge in [-0.2, -0.15) is 0 Å². The third-order valence-corrected chi connectivity index (χ3v) is 11.0. The van der Waals surface area contributed by atoms with Gasteiger partial charge in [0.15, 0.2) is 0 Å². The van der Waals surface area contributed by atoms with Crippen LogP contribution >= 0.6 is 37.5 Å². The SMILES string of the molecule is PCC=CCC(C1CCCCC1)C1CCCCC1.PCC=CCC(C1CCCCC1)C1CCCCC1.[Cl][Pd][Cl].